The molecule has 2 nitrogen and oxygen atoms in total. The third-order valence-electron chi connectivity index (χ3n) is 2.15. The number of hydrogen-bond acceptors (Lipinski definition) is 2. The number of carbonyl (C=O) groups excluding carboxylic acids is 1. The van der Waals surface area contributed by atoms with Crippen molar-refractivity contribution in [2.24, 2.45) is 0 Å². The monoisotopic (exact) mass is 298 g/mol. The van der Waals surface area contributed by atoms with Crippen molar-refractivity contribution in [3.63, 3.8) is 0 Å². The van der Waals surface area contributed by atoms with Crippen LogP contribution in [0.1, 0.15) is 17.5 Å². The van der Waals surface area contributed by atoms with E-state index in [2.05, 4.69) is 15.9 Å². The van der Waals surface area contributed by atoms with Gasteiger partial charge in [0.05, 0.1) is 5.02 Å². The molecule has 2 aromatic rings. The van der Waals surface area contributed by atoms with Crippen LogP contribution in [0.3, 0.4) is 0 Å². The summed E-state index contributed by atoms with van der Waals surface area (Å²) in [5, 5.41) is 0.590. The predicted octanol–water partition coefficient (Wildman–Crippen LogP) is 4.57. The van der Waals surface area contributed by atoms with Crippen molar-refractivity contribution in [1.29, 1.82) is 0 Å². The Morgan fingerprint density at radius 2 is 2.06 bits per heavy atom. The van der Waals surface area contributed by atoms with Gasteiger partial charge in [0.15, 0.2) is 11.5 Å². The van der Waals surface area contributed by atoms with E-state index in [1.54, 1.807) is 18.2 Å². The van der Waals surface area contributed by atoms with Gasteiger partial charge >= 0.3 is 0 Å². The van der Waals surface area contributed by atoms with Crippen LogP contribution in [-0.2, 0) is 0 Å². The molecule has 1 aromatic carbocycles. The van der Waals surface area contributed by atoms with E-state index >= 15 is 0 Å². The third kappa shape index (κ3) is 2.20. The standard InChI is InChI=1S/C12H8BrClO2/c1-7(15)11-4-5-12(16-11)9-6-8(13)2-3-10(9)14/h2-6H,1H3. The van der Waals surface area contributed by atoms with Gasteiger partial charge in [-0.25, -0.2) is 0 Å². The first kappa shape index (κ1) is 11.4. The van der Waals surface area contributed by atoms with Crippen molar-refractivity contribution in [3.05, 3.63) is 45.6 Å². The lowest BCUT2D eigenvalue weighted by molar-refractivity contribution is 0.0988. The molecular weight excluding hydrogens is 291 g/mol. The number of halogens is 2. The molecule has 0 aliphatic heterocycles. The van der Waals surface area contributed by atoms with E-state index in [9.17, 15) is 4.79 Å². The average Bonchev–Trinajstić information content (AvgIpc) is 2.70. The van der Waals surface area contributed by atoms with E-state index in [1.165, 1.54) is 6.92 Å². The van der Waals surface area contributed by atoms with Crippen molar-refractivity contribution < 1.29 is 9.21 Å². The van der Waals surface area contributed by atoms with Crippen LogP contribution < -0.4 is 0 Å². The second-order valence-corrected chi connectivity index (χ2v) is 4.67. The van der Waals surface area contributed by atoms with Crippen LogP contribution in [0.2, 0.25) is 5.02 Å². The van der Waals surface area contributed by atoms with Crippen molar-refractivity contribution >= 4 is 33.3 Å². The van der Waals surface area contributed by atoms with Crippen molar-refractivity contribution in [2.75, 3.05) is 0 Å². The predicted molar refractivity (Wildman–Crippen MR) is 66.9 cm³/mol. The summed E-state index contributed by atoms with van der Waals surface area (Å²) in [6.45, 7) is 1.46. The van der Waals surface area contributed by atoms with E-state index in [0.29, 0.717) is 16.5 Å². The highest BCUT2D eigenvalue weighted by molar-refractivity contribution is 9.10. The summed E-state index contributed by atoms with van der Waals surface area (Å²) in [4.78, 5) is 11.1. The fourth-order valence-corrected chi connectivity index (χ4v) is 1.93. The summed E-state index contributed by atoms with van der Waals surface area (Å²) in [5.41, 5.74) is 0.767. The maximum Gasteiger partial charge on any atom is 0.194 e. The highest BCUT2D eigenvalue weighted by Gasteiger charge is 2.11. The highest BCUT2D eigenvalue weighted by Crippen LogP contribution is 2.31. The fraction of sp³-hybridized carbons (Fsp3) is 0.0833. The molecular formula is C12H8BrClO2. The van der Waals surface area contributed by atoms with Crippen molar-refractivity contribution in [3.8, 4) is 11.3 Å². The van der Waals surface area contributed by atoms with Crippen LogP contribution in [0, 0.1) is 0 Å². The van der Waals surface area contributed by atoms with Crippen LogP contribution in [0.25, 0.3) is 11.3 Å². The third-order valence-corrected chi connectivity index (χ3v) is 2.97. The number of furan rings is 1. The Kier molecular flexibility index (Phi) is 3.17. The molecule has 0 spiro atoms. The van der Waals surface area contributed by atoms with Crippen LogP contribution >= 0.6 is 27.5 Å². The molecule has 82 valence electrons. The quantitative estimate of drug-likeness (QED) is 0.761. The van der Waals surface area contributed by atoms with Crippen LogP contribution in [0.5, 0.6) is 0 Å². The number of benzene rings is 1. The molecule has 0 N–H and O–H groups in total. The maximum atomic E-state index is 11.1. The van der Waals surface area contributed by atoms with Gasteiger partial charge in [-0.3, -0.25) is 4.79 Å². The van der Waals surface area contributed by atoms with Gasteiger partial charge in [0, 0.05) is 17.0 Å². The molecule has 0 radical (unpaired) electrons. The molecule has 16 heavy (non-hydrogen) atoms. The maximum absolute atomic E-state index is 11.1. The minimum atomic E-state index is -0.0997. The molecule has 0 saturated heterocycles. The number of hydrogen-bond donors (Lipinski definition) is 0. The van der Waals surface area contributed by atoms with E-state index in [-0.39, 0.29) is 5.78 Å². The molecule has 4 heteroatoms. The second kappa shape index (κ2) is 4.44. The zero-order valence-electron chi connectivity index (χ0n) is 8.46. The van der Waals surface area contributed by atoms with Gasteiger partial charge in [-0.05, 0) is 30.3 Å². The molecule has 1 heterocycles. The number of ketones is 1. The summed E-state index contributed by atoms with van der Waals surface area (Å²) in [6.07, 6.45) is 0. The molecule has 2 rings (SSSR count). The molecule has 0 aliphatic carbocycles. The van der Waals surface area contributed by atoms with Gasteiger partial charge in [-0.1, -0.05) is 27.5 Å². The lowest BCUT2D eigenvalue weighted by atomic mass is 10.2. The summed E-state index contributed by atoms with van der Waals surface area (Å²) in [6, 6.07) is 8.86. The topological polar surface area (TPSA) is 30.2 Å². The highest BCUT2D eigenvalue weighted by atomic mass is 79.9. The van der Waals surface area contributed by atoms with Gasteiger partial charge in [-0.15, -0.1) is 0 Å². The molecule has 0 bridgehead atoms. The first-order valence-electron chi connectivity index (χ1n) is 4.64. The zero-order chi connectivity index (χ0) is 11.7. The summed E-state index contributed by atoms with van der Waals surface area (Å²) in [5.74, 6) is 0.833. The fourth-order valence-electron chi connectivity index (χ4n) is 1.36. The van der Waals surface area contributed by atoms with E-state index in [1.807, 2.05) is 12.1 Å². The molecule has 0 aliphatic rings. The first-order chi connectivity index (χ1) is 7.58. The van der Waals surface area contributed by atoms with Crippen molar-refractivity contribution in [2.45, 2.75) is 6.92 Å². The van der Waals surface area contributed by atoms with Gasteiger partial charge in [-0.2, -0.15) is 0 Å². The second-order valence-electron chi connectivity index (χ2n) is 3.34. The van der Waals surface area contributed by atoms with Crippen LogP contribution in [0.15, 0.2) is 39.2 Å². The Hall–Kier alpha value is -1.06. The lowest BCUT2D eigenvalue weighted by Crippen LogP contribution is -1.86. The minimum absolute atomic E-state index is 0.0997. The minimum Gasteiger partial charge on any atom is -0.453 e. The average molecular weight is 300 g/mol. The normalized spacial score (nSPS) is 10.4. The Morgan fingerprint density at radius 3 is 2.69 bits per heavy atom. The first-order valence-corrected chi connectivity index (χ1v) is 5.81. The molecule has 0 amide bonds. The van der Waals surface area contributed by atoms with Crippen molar-refractivity contribution in [1.82, 2.24) is 0 Å². The van der Waals surface area contributed by atoms with Gasteiger partial charge in [0.1, 0.15) is 5.76 Å². The SMILES string of the molecule is CC(=O)c1ccc(-c2cc(Br)ccc2Cl)o1. The molecule has 0 fully saturated rings. The molecule has 0 unspecified atom stereocenters. The summed E-state index contributed by atoms with van der Waals surface area (Å²) >= 11 is 9.42. The Labute approximate surface area is 106 Å². The summed E-state index contributed by atoms with van der Waals surface area (Å²) in [7, 11) is 0. The Balaban J connectivity index is 2.50. The number of Topliss-reactive ketones (excluding diaryl/α,β-unsaturated/α-hetero) is 1. The largest absolute Gasteiger partial charge is 0.453 e. The van der Waals surface area contributed by atoms with Gasteiger partial charge in [0.25, 0.3) is 0 Å². The smallest absolute Gasteiger partial charge is 0.194 e. The Morgan fingerprint density at radius 1 is 1.31 bits per heavy atom. The lowest BCUT2D eigenvalue weighted by Gasteiger charge is -2.01. The summed E-state index contributed by atoms with van der Waals surface area (Å²) < 4.78 is 6.32. The van der Waals surface area contributed by atoms with E-state index in [4.69, 9.17) is 16.0 Å². The molecule has 0 atom stereocenters. The van der Waals surface area contributed by atoms with Gasteiger partial charge < -0.3 is 4.42 Å². The van der Waals surface area contributed by atoms with E-state index < -0.39 is 0 Å². The Bertz CT molecular complexity index is 546. The van der Waals surface area contributed by atoms with Crippen LogP contribution in [-0.4, -0.2) is 5.78 Å². The van der Waals surface area contributed by atoms with Crippen LogP contribution in [0.4, 0.5) is 0 Å². The van der Waals surface area contributed by atoms with Gasteiger partial charge in [0.2, 0.25) is 0 Å². The molecule has 1 aromatic heterocycles. The molecule has 0 saturated carbocycles. The number of carbonyl (C=O) groups is 1. The zero-order valence-corrected chi connectivity index (χ0v) is 10.8. The number of rotatable bonds is 2. The van der Waals surface area contributed by atoms with E-state index in [0.717, 1.165) is 10.0 Å².